The van der Waals surface area contributed by atoms with Crippen molar-refractivity contribution in [1.82, 2.24) is 25.2 Å². The lowest BCUT2D eigenvalue weighted by molar-refractivity contribution is 0.0559. The van der Waals surface area contributed by atoms with E-state index < -0.39 is 0 Å². The van der Waals surface area contributed by atoms with Crippen LogP contribution in [0.5, 0.6) is 0 Å². The molecule has 1 aromatic rings. The first-order chi connectivity index (χ1) is 9.65. The lowest BCUT2D eigenvalue weighted by Crippen LogP contribution is -2.54. The van der Waals surface area contributed by atoms with Crippen LogP contribution in [0.15, 0.2) is 6.20 Å². The summed E-state index contributed by atoms with van der Waals surface area (Å²) >= 11 is 0. The van der Waals surface area contributed by atoms with Crippen molar-refractivity contribution < 1.29 is 0 Å². The van der Waals surface area contributed by atoms with Gasteiger partial charge in [-0.05, 0) is 40.4 Å². The summed E-state index contributed by atoms with van der Waals surface area (Å²) in [7, 11) is 6.49. The second-order valence-electron chi connectivity index (χ2n) is 6.16. The van der Waals surface area contributed by atoms with Gasteiger partial charge in [-0.15, -0.1) is 5.10 Å². The molecule has 0 saturated heterocycles. The molecule has 0 aromatic carbocycles. The van der Waals surface area contributed by atoms with E-state index in [1.807, 2.05) is 6.20 Å². The Labute approximate surface area is 122 Å². The van der Waals surface area contributed by atoms with Crippen LogP contribution in [-0.2, 0) is 6.54 Å². The molecular weight excluding hydrogens is 250 g/mol. The Morgan fingerprint density at radius 3 is 2.60 bits per heavy atom. The summed E-state index contributed by atoms with van der Waals surface area (Å²) in [5.41, 5.74) is 1.41. The fourth-order valence-electron chi connectivity index (χ4n) is 3.72. The third kappa shape index (κ3) is 2.74. The average Bonchev–Trinajstić information content (AvgIpc) is 2.89. The summed E-state index contributed by atoms with van der Waals surface area (Å²) in [6, 6.07) is 0.291. The van der Waals surface area contributed by atoms with Gasteiger partial charge in [-0.25, -0.2) is 4.68 Å². The van der Waals surface area contributed by atoms with E-state index in [9.17, 15) is 0 Å². The first-order valence-corrected chi connectivity index (χ1v) is 7.88. The van der Waals surface area contributed by atoms with Gasteiger partial charge in [-0.3, -0.25) is 0 Å². The molecular formula is C15H29N5. The molecule has 0 bridgehead atoms. The van der Waals surface area contributed by atoms with Gasteiger partial charge in [0, 0.05) is 12.1 Å². The number of hydrogen-bond donors (Lipinski definition) is 1. The monoisotopic (exact) mass is 279 g/mol. The maximum absolute atomic E-state index is 4.27. The molecule has 1 heterocycles. The van der Waals surface area contributed by atoms with E-state index in [4.69, 9.17) is 0 Å². The van der Waals surface area contributed by atoms with Crippen LogP contribution in [0.2, 0.25) is 0 Å². The Kier molecular flexibility index (Phi) is 5.16. The van der Waals surface area contributed by atoms with Crippen molar-refractivity contribution in [3.8, 4) is 0 Å². The van der Waals surface area contributed by atoms with E-state index in [1.165, 1.54) is 37.8 Å². The summed E-state index contributed by atoms with van der Waals surface area (Å²) in [6.45, 7) is 3.12. The van der Waals surface area contributed by atoms with Crippen LogP contribution >= 0.6 is 0 Å². The Balaban J connectivity index is 2.35. The minimum Gasteiger partial charge on any atom is -0.310 e. The van der Waals surface area contributed by atoms with Crippen LogP contribution in [-0.4, -0.2) is 46.6 Å². The van der Waals surface area contributed by atoms with Crippen LogP contribution in [0, 0.1) is 0 Å². The molecule has 1 aliphatic rings. The standard InChI is InChI=1S/C15H29N5/c1-5-11-20-13(12-17-18-20)14(16-2)15(19(3)4)9-7-6-8-10-15/h12,14,16H,5-11H2,1-4H3. The van der Waals surface area contributed by atoms with Crippen LogP contribution in [0.1, 0.15) is 57.2 Å². The minimum atomic E-state index is 0.181. The van der Waals surface area contributed by atoms with Crippen molar-refractivity contribution in [1.29, 1.82) is 0 Å². The fourth-order valence-corrected chi connectivity index (χ4v) is 3.72. The highest BCUT2D eigenvalue weighted by Gasteiger charge is 2.43. The van der Waals surface area contributed by atoms with E-state index in [-0.39, 0.29) is 5.54 Å². The Hall–Kier alpha value is -0.940. The third-order valence-electron chi connectivity index (χ3n) is 4.81. The normalized spacial score (nSPS) is 20.2. The molecule has 1 aromatic heterocycles. The fraction of sp³-hybridized carbons (Fsp3) is 0.867. The zero-order chi connectivity index (χ0) is 14.6. The van der Waals surface area contributed by atoms with Crippen LogP contribution < -0.4 is 5.32 Å². The maximum Gasteiger partial charge on any atom is 0.0775 e. The summed E-state index contributed by atoms with van der Waals surface area (Å²) < 4.78 is 2.07. The van der Waals surface area contributed by atoms with Crippen LogP contribution in [0.4, 0.5) is 0 Å². The molecule has 0 radical (unpaired) electrons. The Morgan fingerprint density at radius 1 is 1.35 bits per heavy atom. The molecule has 20 heavy (non-hydrogen) atoms. The van der Waals surface area contributed by atoms with E-state index in [0.29, 0.717) is 6.04 Å². The van der Waals surface area contributed by atoms with Gasteiger partial charge >= 0.3 is 0 Å². The smallest absolute Gasteiger partial charge is 0.0775 e. The van der Waals surface area contributed by atoms with Crippen molar-refractivity contribution in [2.75, 3.05) is 21.1 Å². The van der Waals surface area contributed by atoms with Crippen molar-refractivity contribution >= 4 is 0 Å². The number of aryl methyl sites for hydroxylation is 1. The van der Waals surface area contributed by atoms with Crippen molar-refractivity contribution in [2.24, 2.45) is 0 Å². The van der Waals surface area contributed by atoms with Gasteiger partial charge in [0.2, 0.25) is 0 Å². The molecule has 0 spiro atoms. The highest BCUT2D eigenvalue weighted by molar-refractivity contribution is 5.13. The van der Waals surface area contributed by atoms with E-state index in [2.05, 4.69) is 53.3 Å². The number of hydrogen-bond acceptors (Lipinski definition) is 4. The number of nitrogens with zero attached hydrogens (tertiary/aromatic N) is 4. The van der Waals surface area contributed by atoms with Gasteiger partial charge in [0.15, 0.2) is 0 Å². The summed E-state index contributed by atoms with van der Waals surface area (Å²) in [6.07, 6.45) is 9.49. The zero-order valence-corrected chi connectivity index (χ0v) is 13.4. The molecule has 2 rings (SSSR count). The SMILES string of the molecule is CCCn1nncc1C(NC)C1(N(C)C)CCCCC1. The van der Waals surface area contributed by atoms with Gasteiger partial charge in [0.25, 0.3) is 0 Å². The van der Waals surface area contributed by atoms with Crippen LogP contribution in [0.25, 0.3) is 0 Å². The largest absolute Gasteiger partial charge is 0.310 e. The van der Waals surface area contributed by atoms with Crippen molar-refractivity contribution in [3.63, 3.8) is 0 Å². The Morgan fingerprint density at radius 2 is 2.05 bits per heavy atom. The summed E-state index contributed by atoms with van der Waals surface area (Å²) in [4.78, 5) is 2.41. The highest BCUT2D eigenvalue weighted by Crippen LogP contribution is 2.41. The molecule has 5 heteroatoms. The summed E-state index contributed by atoms with van der Waals surface area (Å²) in [5.74, 6) is 0. The molecule has 1 unspecified atom stereocenters. The lowest BCUT2D eigenvalue weighted by atomic mass is 9.74. The van der Waals surface area contributed by atoms with Gasteiger partial charge in [0.1, 0.15) is 0 Å². The predicted molar refractivity (Wildman–Crippen MR) is 81.6 cm³/mol. The molecule has 114 valence electrons. The van der Waals surface area contributed by atoms with Gasteiger partial charge in [0.05, 0.1) is 17.9 Å². The highest BCUT2D eigenvalue weighted by atomic mass is 15.4. The molecule has 0 aliphatic heterocycles. The minimum absolute atomic E-state index is 0.181. The maximum atomic E-state index is 4.27. The lowest BCUT2D eigenvalue weighted by Gasteiger charge is -2.48. The van der Waals surface area contributed by atoms with Crippen molar-refractivity contribution in [3.05, 3.63) is 11.9 Å². The number of nitrogens with one attached hydrogen (secondary N) is 1. The topological polar surface area (TPSA) is 46.0 Å². The summed E-state index contributed by atoms with van der Waals surface area (Å²) in [5, 5.41) is 12.0. The molecule has 0 amide bonds. The first-order valence-electron chi connectivity index (χ1n) is 7.88. The number of rotatable bonds is 6. The molecule has 1 atom stereocenters. The third-order valence-corrected chi connectivity index (χ3v) is 4.81. The number of likely N-dealkylation sites (N-methyl/N-ethyl adjacent to an activating group) is 2. The van der Waals surface area contributed by atoms with Crippen LogP contribution in [0.3, 0.4) is 0 Å². The first kappa shape index (κ1) is 15.4. The van der Waals surface area contributed by atoms with E-state index in [1.54, 1.807) is 0 Å². The van der Waals surface area contributed by atoms with Gasteiger partial charge in [-0.2, -0.15) is 0 Å². The average molecular weight is 279 g/mol. The van der Waals surface area contributed by atoms with Gasteiger partial charge < -0.3 is 10.2 Å². The van der Waals surface area contributed by atoms with Crippen molar-refractivity contribution in [2.45, 2.75) is 63.6 Å². The Bertz CT molecular complexity index is 406. The van der Waals surface area contributed by atoms with E-state index >= 15 is 0 Å². The number of aromatic nitrogens is 3. The quantitative estimate of drug-likeness (QED) is 0.867. The zero-order valence-electron chi connectivity index (χ0n) is 13.4. The molecule has 1 saturated carbocycles. The molecule has 1 fully saturated rings. The molecule has 1 N–H and O–H groups in total. The molecule has 5 nitrogen and oxygen atoms in total. The van der Waals surface area contributed by atoms with Gasteiger partial charge in [-0.1, -0.05) is 31.4 Å². The molecule has 1 aliphatic carbocycles. The second kappa shape index (κ2) is 6.68. The van der Waals surface area contributed by atoms with E-state index in [0.717, 1.165) is 13.0 Å². The second-order valence-corrected chi connectivity index (χ2v) is 6.16. The predicted octanol–water partition coefficient (Wildman–Crippen LogP) is 2.21.